The van der Waals surface area contributed by atoms with E-state index in [2.05, 4.69) is 70.5 Å². The Labute approximate surface area is 156 Å². The predicted octanol–water partition coefficient (Wildman–Crippen LogP) is 1.43. The highest BCUT2D eigenvalue weighted by atomic mass is 15.4. The van der Waals surface area contributed by atoms with Gasteiger partial charge < -0.3 is 0 Å². The van der Waals surface area contributed by atoms with Gasteiger partial charge in [-0.3, -0.25) is 19.2 Å². The molecule has 26 heavy (non-hydrogen) atoms. The second-order valence-electron chi connectivity index (χ2n) is 7.81. The van der Waals surface area contributed by atoms with Gasteiger partial charge in [-0.2, -0.15) is 0 Å². The van der Waals surface area contributed by atoms with Crippen LogP contribution in [0.25, 0.3) is 0 Å². The third-order valence-electron chi connectivity index (χ3n) is 5.05. The van der Waals surface area contributed by atoms with Crippen LogP contribution in [0, 0.1) is 0 Å². The Morgan fingerprint density at radius 3 is 1.38 bits per heavy atom. The monoisotopic (exact) mass is 360 g/mol. The molecule has 3 rings (SSSR count). The lowest BCUT2D eigenvalue weighted by molar-refractivity contribution is 0.124. The second kappa shape index (κ2) is 8.73. The van der Waals surface area contributed by atoms with Gasteiger partial charge in [0.25, 0.3) is 0 Å². The van der Waals surface area contributed by atoms with E-state index in [0.717, 1.165) is 63.7 Å². The Morgan fingerprint density at radius 1 is 0.692 bits per heavy atom. The molecule has 1 fully saturated rings. The summed E-state index contributed by atoms with van der Waals surface area (Å²) in [5.74, 6) is 0.878. The maximum absolute atomic E-state index is 4.23. The molecule has 0 amide bonds. The minimum Gasteiger partial charge on any atom is -0.299 e. The maximum atomic E-state index is 4.23. The maximum Gasteiger partial charge on any atom is 0.0852 e. The molecular weight excluding hydrogens is 328 g/mol. The van der Waals surface area contributed by atoms with Crippen LogP contribution in [0.3, 0.4) is 0 Å². The molecule has 2 aromatic heterocycles. The molecule has 0 aliphatic carbocycles. The topological polar surface area (TPSA) is 67.9 Å². The van der Waals surface area contributed by atoms with Crippen LogP contribution in [-0.2, 0) is 13.1 Å². The van der Waals surface area contributed by atoms with Crippen LogP contribution < -0.4 is 0 Å². The molecule has 0 atom stereocenters. The van der Waals surface area contributed by atoms with Gasteiger partial charge in [-0.15, -0.1) is 10.2 Å². The van der Waals surface area contributed by atoms with Crippen LogP contribution in [-0.4, -0.2) is 79.1 Å². The molecule has 0 radical (unpaired) electrons. The van der Waals surface area contributed by atoms with E-state index in [4.69, 9.17) is 0 Å². The first-order chi connectivity index (χ1) is 12.5. The number of rotatable bonds is 8. The van der Waals surface area contributed by atoms with E-state index in [1.54, 1.807) is 0 Å². The van der Waals surface area contributed by atoms with E-state index in [-0.39, 0.29) is 0 Å². The molecule has 0 spiro atoms. The lowest BCUT2D eigenvalue weighted by Crippen LogP contribution is -2.47. The van der Waals surface area contributed by atoms with Crippen molar-refractivity contribution in [3.63, 3.8) is 0 Å². The zero-order valence-electron chi connectivity index (χ0n) is 16.5. The van der Waals surface area contributed by atoms with Crippen molar-refractivity contribution in [3.05, 3.63) is 23.8 Å². The summed E-state index contributed by atoms with van der Waals surface area (Å²) in [5.41, 5.74) is 2.15. The summed E-state index contributed by atoms with van der Waals surface area (Å²) in [6.45, 7) is 16.9. The Kier molecular flexibility index (Phi) is 6.37. The van der Waals surface area contributed by atoms with Gasteiger partial charge in [-0.1, -0.05) is 38.1 Å². The molecule has 8 heteroatoms. The van der Waals surface area contributed by atoms with Gasteiger partial charge in [-0.05, 0) is 11.8 Å². The first-order valence-corrected chi connectivity index (χ1v) is 9.76. The summed E-state index contributed by atoms with van der Waals surface area (Å²) in [6, 6.07) is 0. The number of aromatic nitrogens is 6. The van der Waals surface area contributed by atoms with Crippen LogP contribution in [0.5, 0.6) is 0 Å². The summed E-state index contributed by atoms with van der Waals surface area (Å²) in [4.78, 5) is 5.03. The zero-order valence-corrected chi connectivity index (χ0v) is 16.5. The highest BCUT2D eigenvalue weighted by molar-refractivity contribution is 4.98. The first kappa shape index (κ1) is 19.0. The minimum absolute atomic E-state index is 0.439. The van der Waals surface area contributed by atoms with Crippen molar-refractivity contribution in [2.75, 3.05) is 39.3 Å². The molecule has 0 aromatic carbocycles. The molecular formula is C18H32N8. The summed E-state index contributed by atoms with van der Waals surface area (Å²) in [7, 11) is 0. The molecule has 1 aliphatic rings. The molecule has 0 N–H and O–H groups in total. The molecule has 2 aromatic rings. The Morgan fingerprint density at radius 2 is 1.08 bits per heavy atom. The number of nitrogens with zero attached hydrogens (tertiary/aromatic N) is 8. The predicted molar refractivity (Wildman–Crippen MR) is 101 cm³/mol. The lowest BCUT2D eigenvalue weighted by atomic mass is 10.2. The van der Waals surface area contributed by atoms with Crippen LogP contribution in [0.1, 0.15) is 50.9 Å². The average Bonchev–Trinajstić information content (AvgIpc) is 3.28. The Hall–Kier alpha value is -1.80. The fourth-order valence-corrected chi connectivity index (χ4v) is 3.10. The normalized spacial score (nSPS) is 16.8. The standard InChI is InChI=1S/C18H32N8/c1-15(2)17-13-25(21-19-17)11-9-23-5-7-24(8-6-23)10-12-26-14-18(16(3)4)20-22-26/h13-16H,5-12H2,1-4H3. The third kappa shape index (κ3) is 5.11. The lowest BCUT2D eigenvalue weighted by Gasteiger charge is -2.34. The van der Waals surface area contributed by atoms with Gasteiger partial charge >= 0.3 is 0 Å². The summed E-state index contributed by atoms with van der Waals surface area (Å²) >= 11 is 0. The molecule has 1 aliphatic heterocycles. The van der Waals surface area contributed by atoms with E-state index in [1.165, 1.54) is 0 Å². The van der Waals surface area contributed by atoms with Crippen molar-refractivity contribution >= 4 is 0 Å². The average molecular weight is 361 g/mol. The highest BCUT2D eigenvalue weighted by Crippen LogP contribution is 2.10. The van der Waals surface area contributed by atoms with Gasteiger partial charge in [0.05, 0.1) is 24.5 Å². The molecule has 3 heterocycles. The molecule has 0 unspecified atom stereocenters. The molecule has 144 valence electrons. The van der Waals surface area contributed by atoms with E-state index < -0.39 is 0 Å². The van der Waals surface area contributed by atoms with Gasteiger partial charge in [0.1, 0.15) is 0 Å². The molecule has 1 saturated heterocycles. The first-order valence-electron chi connectivity index (χ1n) is 9.76. The second-order valence-corrected chi connectivity index (χ2v) is 7.81. The Bertz CT molecular complexity index is 608. The largest absolute Gasteiger partial charge is 0.299 e. The van der Waals surface area contributed by atoms with E-state index in [9.17, 15) is 0 Å². The van der Waals surface area contributed by atoms with Crippen LogP contribution in [0.2, 0.25) is 0 Å². The highest BCUT2D eigenvalue weighted by Gasteiger charge is 2.17. The SMILES string of the molecule is CC(C)c1cn(CCN2CCN(CCn3cc(C(C)C)nn3)CC2)nn1. The molecule has 0 saturated carbocycles. The molecule has 8 nitrogen and oxygen atoms in total. The fraction of sp³-hybridized carbons (Fsp3) is 0.778. The van der Waals surface area contributed by atoms with E-state index in [1.807, 2.05) is 9.36 Å². The quantitative estimate of drug-likeness (QED) is 0.709. The minimum atomic E-state index is 0.439. The van der Waals surface area contributed by atoms with Crippen molar-refractivity contribution in [1.82, 2.24) is 39.8 Å². The van der Waals surface area contributed by atoms with Crippen molar-refractivity contribution in [2.45, 2.75) is 52.6 Å². The summed E-state index contributed by atoms with van der Waals surface area (Å²) in [5, 5.41) is 16.9. The van der Waals surface area contributed by atoms with E-state index >= 15 is 0 Å². The van der Waals surface area contributed by atoms with Gasteiger partial charge in [0.15, 0.2) is 0 Å². The van der Waals surface area contributed by atoms with Gasteiger partial charge in [0.2, 0.25) is 0 Å². The van der Waals surface area contributed by atoms with Gasteiger partial charge in [0, 0.05) is 51.7 Å². The number of hydrogen-bond acceptors (Lipinski definition) is 6. The van der Waals surface area contributed by atoms with Crippen LogP contribution in [0.15, 0.2) is 12.4 Å². The van der Waals surface area contributed by atoms with Crippen molar-refractivity contribution in [1.29, 1.82) is 0 Å². The van der Waals surface area contributed by atoms with Crippen molar-refractivity contribution in [2.24, 2.45) is 0 Å². The smallest absolute Gasteiger partial charge is 0.0852 e. The summed E-state index contributed by atoms with van der Waals surface area (Å²) in [6.07, 6.45) is 4.15. The fourth-order valence-electron chi connectivity index (χ4n) is 3.10. The summed E-state index contributed by atoms with van der Waals surface area (Å²) < 4.78 is 3.94. The van der Waals surface area contributed by atoms with Crippen LogP contribution in [0.4, 0.5) is 0 Å². The van der Waals surface area contributed by atoms with Crippen molar-refractivity contribution < 1.29 is 0 Å². The Balaban J connectivity index is 1.35. The number of hydrogen-bond donors (Lipinski definition) is 0. The number of piperazine rings is 1. The van der Waals surface area contributed by atoms with Crippen molar-refractivity contribution in [3.8, 4) is 0 Å². The van der Waals surface area contributed by atoms with Gasteiger partial charge in [-0.25, -0.2) is 0 Å². The van der Waals surface area contributed by atoms with Crippen LogP contribution >= 0.6 is 0 Å². The van der Waals surface area contributed by atoms with E-state index in [0.29, 0.717) is 11.8 Å². The third-order valence-corrected chi connectivity index (χ3v) is 5.05. The molecule has 0 bridgehead atoms. The zero-order chi connectivity index (χ0) is 18.5.